The first-order chi connectivity index (χ1) is 13.0. The number of nitrogens with two attached hydrogens (primary N) is 1. The molecule has 5 N–H and O–H groups in total. The quantitative estimate of drug-likeness (QED) is 0.627. The second kappa shape index (κ2) is 8.74. The second-order valence-electron chi connectivity index (χ2n) is 6.10. The Kier molecular flexibility index (Phi) is 6.15. The summed E-state index contributed by atoms with van der Waals surface area (Å²) >= 11 is 1.27. The van der Waals surface area contributed by atoms with Crippen LogP contribution >= 0.6 is 11.3 Å². The van der Waals surface area contributed by atoms with Crippen LogP contribution < -0.4 is 31.2 Å². The van der Waals surface area contributed by atoms with Gasteiger partial charge in [-0.15, -0.1) is 11.3 Å². The van der Waals surface area contributed by atoms with Gasteiger partial charge in [-0.25, -0.2) is 9.59 Å². The number of nitrogens with one attached hydrogen (secondary N) is 3. The number of thiophene rings is 1. The molecule has 1 aliphatic heterocycles. The maximum absolute atomic E-state index is 12.2. The fourth-order valence-electron chi connectivity index (χ4n) is 2.82. The molecular formula is C18H22N4O4S. The Morgan fingerprint density at radius 2 is 2.07 bits per heavy atom. The lowest BCUT2D eigenvalue weighted by Gasteiger charge is -2.23. The fraction of sp³-hybridized carbons (Fsp3) is 0.333. The SMILES string of the molecule is COc1ccc(-c2cc(OC(=O)N[C@H]3CCCNC3)c(NC(N)=O)s2)cc1. The highest BCUT2D eigenvalue weighted by Gasteiger charge is 2.20. The van der Waals surface area contributed by atoms with Crippen LogP contribution in [0.15, 0.2) is 30.3 Å². The smallest absolute Gasteiger partial charge is 0.412 e. The van der Waals surface area contributed by atoms with E-state index in [1.165, 1.54) is 11.3 Å². The molecule has 1 aromatic heterocycles. The number of piperidine rings is 1. The van der Waals surface area contributed by atoms with Gasteiger partial charge in [0.1, 0.15) is 10.8 Å². The van der Waals surface area contributed by atoms with Gasteiger partial charge >= 0.3 is 12.1 Å². The first kappa shape index (κ1) is 19.0. The van der Waals surface area contributed by atoms with Gasteiger partial charge in [0, 0.05) is 23.5 Å². The zero-order valence-electron chi connectivity index (χ0n) is 14.9. The van der Waals surface area contributed by atoms with Gasteiger partial charge in [-0.05, 0) is 49.2 Å². The van der Waals surface area contributed by atoms with Crippen molar-refractivity contribution in [3.63, 3.8) is 0 Å². The van der Waals surface area contributed by atoms with Crippen LogP contribution in [-0.2, 0) is 0 Å². The third-order valence-electron chi connectivity index (χ3n) is 4.13. The Bertz CT molecular complexity index is 800. The van der Waals surface area contributed by atoms with Gasteiger partial charge < -0.3 is 25.8 Å². The molecule has 3 rings (SSSR count). The van der Waals surface area contributed by atoms with E-state index in [0.717, 1.165) is 35.6 Å². The van der Waals surface area contributed by atoms with E-state index in [1.54, 1.807) is 13.2 Å². The molecule has 1 aliphatic rings. The molecular weight excluding hydrogens is 368 g/mol. The van der Waals surface area contributed by atoms with E-state index < -0.39 is 12.1 Å². The number of ether oxygens (including phenoxy) is 2. The molecule has 144 valence electrons. The maximum Gasteiger partial charge on any atom is 0.412 e. The Morgan fingerprint density at radius 1 is 1.30 bits per heavy atom. The number of hydrogen-bond acceptors (Lipinski definition) is 6. The molecule has 0 bridgehead atoms. The number of carbonyl (C=O) groups excluding carboxylic acids is 2. The van der Waals surface area contributed by atoms with Crippen LogP contribution in [0.3, 0.4) is 0 Å². The molecule has 8 nitrogen and oxygen atoms in total. The molecule has 27 heavy (non-hydrogen) atoms. The summed E-state index contributed by atoms with van der Waals surface area (Å²) in [5.41, 5.74) is 6.14. The van der Waals surface area contributed by atoms with Crippen molar-refractivity contribution >= 4 is 28.5 Å². The minimum atomic E-state index is -0.722. The van der Waals surface area contributed by atoms with Gasteiger partial charge in [0.15, 0.2) is 5.75 Å². The third-order valence-corrected chi connectivity index (χ3v) is 5.21. The van der Waals surface area contributed by atoms with Gasteiger partial charge in [0.05, 0.1) is 7.11 Å². The summed E-state index contributed by atoms with van der Waals surface area (Å²) in [5, 5.41) is 8.95. The summed E-state index contributed by atoms with van der Waals surface area (Å²) in [6.45, 7) is 1.66. The largest absolute Gasteiger partial charge is 0.497 e. The molecule has 2 heterocycles. The average Bonchev–Trinajstić information content (AvgIpc) is 3.04. The van der Waals surface area contributed by atoms with Crippen LogP contribution in [0.4, 0.5) is 14.6 Å². The lowest BCUT2D eigenvalue weighted by molar-refractivity contribution is 0.193. The van der Waals surface area contributed by atoms with Crippen LogP contribution in [0.2, 0.25) is 0 Å². The van der Waals surface area contributed by atoms with E-state index in [2.05, 4.69) is 16.0 Å². The first-order valence-corrected chi connectivity index (χ1v) is 9.40. The molecule has 3 amide bonds. The maximum atomic E-state index is 12.2. The number of primary amides is 1. The van der Waals surface area contributed by atoms with Crippen LogP contribution in [0, 0.1) is 0 Å². The average molecular weight is 390 g/mol. The Morgan fingerprint density at radius 3 is 2.70 bits per heavy atom. The van der Waals surface area contributed by atoms with Crippen molar-refractivity contribution in [3.8, 4) is 21.9 Å². The van der Waals surface area contributed by atoms with Crippen molar-refractivity contribution in [3.05, 3.63) is 30.3 Å². The van der Waals surface area contributed by atoms with Crippen molar-refractivity contribution in [2.45, 2.75) is 18.9 Å². The normalized spacial score (nSPS) is 16.4. The second-order valence-corrected chi connectivity index (χ2v) is 7.15. The molecule has 1 fully saturated rings. The van der Waals surface area contributed by atoms with Crippen molar-refractivity contribution in [1.29, 1.82) is 0 Å². The van der Waals surface area contributed by atoms with Crippen molar-refractivity contribution in [2.24, 2.45) is 5.73 Å². The number of hydrogen-bond donors (Lipinski definition) is 4. The first-order valence-electron chi connectivity index (χ1n) is 8.59. The summed E-state index contributed by atoms with van der Waals surface area (Å²) in [6.07, 6.45) is 1.34. The van der Waals surface area contributed by atoms with Gasteiger partial charge in [-0.3, -0.25) is 5.32 Å². The minimum Gasteiger partial charge on any atom is -0.497 e. The molecule has 1 aromatic carbocycles. The predicted octanol–water partition coefficient (Wildman–Crippen LogP) is 2.75. The molecule has 0 unspecified atom stereocenters. The van der Waals surface area contributed by atoms with Gasteiger partial charge in [-0.2, -0.15) is 0 Å². The number of carbonyl (C=O) groups is 2. The van der Waals surface area contributed by atoms with Gasteiger partial charge in [0.25, 0.3) is 0 Å². The van der Waals surface area contributed by atoms with Crippen LogP contribution in [0.25, 0.3) is 10.4 Å². The van der Waals surface area contributed by atoms with Crippen molar-refractivity contribution in [1.82, 2.24) is 10.6 Å². The van der Waals surface area contributed by atoms with Crippen molar-refractivity contribution < 1.29 is 19.1 Å². The molecule has 1 saturated heterocycles. The molecule has 0 saturated carbocycles. The number of benzene rings is 1. The van der Waals surface area contributed by atoms with E-state index in [1.807, 2.05) is 24.3 Å². The number of rotatable bonds is 5. The Hall–Kier alpha value is -2.78. The number of anilines is 1. The zero-order valence-corrected chi connectivity index (χ0v) is 15.7. The van der Waals surface area contributed by atoms with E-state index in [9.17, 15) is 9.59 Å². The number of amides is 3. The highest BCUT2D eigenvalue weighted by Crippen LogP contribution is 2.41. The van der Waals surface area contributed by atoms with Crippen LogP contribution in [-0.4, -0.2) is 38.4 Å². The molecule has 1 atom stereocenters. The Labute approximate surface area is 161 Å². The number of urea groups is 1. The van der Waals surface area contributed by atoms with Crippen LogP contribution in [0.1, 0.15) is 12.8 Å². The molecule has 0 radical (unpaired) electrons. The summed E-state index contributed by atoms with van der Waals surface area (Å²) in [6, 6.07) is 8.44. The monoisotopic (exact) mass is 390 g/mol. The van der Waals surface area contributed by atoms with Gasteiger partial charge in [0.2, 0.25) is 0 Å². The summed E-state index contributed by atoms with van der Waals surface area (Å²) in [7, 11) is 1.60. The summed E-state index contributed by atoms with van der Waals surface area (Å²) < 4.78 is 10.6. The van der Waals surface area contributed by atoms with E-state index >= 15 is 0 Å². The lowest BCUT2D eigenvalue weighted by atomic mass is 10.1. The topological polar surface area (TPSA) is 115 Å². The van der Waals surface area contributed by atoms with E-state index in [0.29, 0.717) is 11.5 Å². The molecule has 2 aromatic rings. The standard InChI is InChI=1S/C18H22N4O4S/c1-25-13-6-4-11(5-7-13)15-9-14(16(27-15)22-17(19)23)26-18(24)21-12-3-2-8-20-10-12/h4-7,9,12,20H,2-3,8,10H2,1H3,(H,21,24)(H3,19,22,23)/t12-/m0/s1. The summed E-state index contributed by atoms with van der Waals surface area (Å²) in [4.78, 5) is 24.3. The number of methoxy groups -OCH3 is 1. The fourth-order valence-corrected chi connectivity index (χ4v) is 3.81. The lowest BCUT2D eigenvalue weighted by Crippen LogP contribution is -2.46. The van der Waals surface area contributed by atoms with Crippen LogP contribution in [0.5, 0.6) is 11.5 Å². The molecule has 0 aliphatic carbocycles. The third kappa shape index (κ3) is 5.11. The zero-order chi connectivity index (χ0) is 19.2. The van der Waals surface area contributed by atoms with E-state index in [-0.39, 0.29) is 11.8 Å². The minimum absolute atomic E-state index is 0.0264. The van der Waals surface area contributed by atoms with Gasteiger partial charge in [-0.1, -0.05) is 0 Å². The highest BCUT2D eigenvalue weighted by atomic mass is 32.1. The molecule has 0 spiro atoms. The van der Waals surface area contributed by atoms with Crippen molar-refractivity contribution in [2.75, 3.05) is 25.5 Å². The predicted molar refractivity (Wildman–Crippen MR) is 105 cm³/mol. The Balaban J connectivity index is 1.76. The van der Waals surface area contributed by atoms with E-state index in [4.69, 9.17) is 15.2 Å². The summed E-state index contributed by atoms with van der Waals surface area (Å²) in [5.74, 6) is 0.994. The molecule has 9 heteroatoms. The highest BCUT2D eigenvalue weighted by molar-refractivity contribution is 7.20.